The van der Waals surface area contributed by atoms with Gasteiger partial charge < -0.3 is 20.3 Å². The van der Waals surface area contributed by atoms with Crippen molar-refractivity contribution in [1.82, 2.24) is 5.32 Å². The lowest BCUT2D eigenvalue weighted by atomic mass is 10.2. The first-order valence-corrected chi connectivity index (χ1v) is 8.14. The molecule has 3 rings (SSSR count). The lowest BCUT2D eigenvalue weighted by Crippen LogP contribution is -2.37. The molecular weight excluding hydrogens is 321 g/mol. The molecule has 130 valence electrons. The Morgan fingerprint density at radius 3 is 2.56 bits per heavy atom. The Bertz CT molecular complexity index is 741. The third-order valence-electron chi connectivity index (χ3n) is 3.86. The predicted molar refractivity (Wildman–Crippen MR) is 97.1 cm³/mol. The molecule has 2 aromatic carbocycles. The lowest BCUT2D eigenvalue weighted by Gasteiger charge is -2.30. The highest BCUT2D eigenvalue weighted by atomic mass is 19.1. The molecule has 0 saturated carbocycles. The second kappa shape index (κ2) is 8.30. The topological polar surface area (TPSA) is 53.6 Å². The first-order valence-electron chi connectivity index (χ1n) is 8.14. The molecule has 0 radical (unpaired) electrons. The smallest absolute Gasteiger partial charge is 0.323 e. The Labute approximate surface area is 146 Å². The fraction of sp³-hybridized carbons (Fsp3) is 0.211. The maximum atomic E-state index is 12.9. The van der Waals surface area contributed by atoms with Crippen LogP contribution in [-0.2, 0) is 4.74 Å². The number of benzene rings is 2. The first kappa shape index (κ1) is 17.0. The van der Waals surface area contributed by atoms with Gasteiger partial charge in [-0.2, -0.15) is 0 Å². The molecular formula is C19H20FN3O2. The van der Waals surface area contributed by atoms with Crippen molar-refractivity contribution in [3.63, 3.8) is 0 Å². The van der Waals surface area contributed by atoms with Gasteiger partial charge in [0, 0.05) is 19.3 Å². The molecule has 2 amide bonds. The van der Waals surface area contributed by atoms with Crippen molar-refractivity contribution in [2.24, 2.45) is 0 Å². The summed E-state index contributed by atoms with van der Waals surface area (Å²) in [5.41, 5.74) is 2.52. The van der Waals surface area contributed by atoms with Crippen molar-refractivity contribution in [3.8, 4) is 0 Å². The van der Waals surface area contributed by atoms with Gasteiger partial charge in [-0.3, -0.25) is 0 Å². The van der Waals surface area contributed by atoms with Gasteiger partial charge in [-0.25, -0.2) is 9.18 Å². The second-order valence-electron chi connectivity index (χ2n) is 5.60. The van der Waals surface area contributed by atoms with Crippen LogP contribution >= 0.6 is 0 Å². The molecule has 2 N–H and O–H groups in total. The van der Waals surface area contributed by atoms with Gasteiger partial charge in [-0.05, 0) is 35.9 Å². The van der Waals surface area contributed by atoms with Gasteiger partial charge in [0.05, 0.1) is 24.6 Å². The summed E-state index contributed by atoms with van der Waals surface area (Å²) in [7, 11) is 0. The molecule has 1 aliphatic heterocycles. The molecule has 1 heterocycles. The number of nitrogens with zero attached hydrogens (tertiary/aromatic N) is 1. The Morgan fingerprint density at radius 2 is 1.80 bits per heavy atom. The highest BCUT2D eigenvalue weighted by Gasteiger charge is 2.15. The summed E-state index contributed by atoms with van der Waals surface area (Å²) in [5, 5.41) is 5.52. The number of carbonyl (C=O) groups excluding carboxylic acids is 1. The van der Waals surface area contributed by atoms with Crippen LogP contribution in [0.1, 0.15) is 5.56 Å². The Kier molecular flexibility index (Phi) is 5.64. The number of carbonyl (C=O) groups is 1. The molecule has 0 spiro atoms. The number of rotatable bonds is 4. The van der Waals surface area contributed by atoms with Crippen molar-refractivity contribution in [2.75, 3.05) is 36.5 Å². The van der Waals surface area contributed by atoms with E-state index < -0.39 is 0 Å². The van der Waals surface area contributed by atoms with E-state index in [1.165, 1.54) is 18.3 Å². The number of hydrogen-bond acceptors (Lipinski definition) is 3. The molecule has 0 bridgehead atoms. The molecule has 1 aliphatic rings. The average Bonchev–Trinajstić information content (AvgIpc) is 2.64. The molecule has 0 aromatic heterocycles. The van der Waals surface area contributed by atoms with Crippen LogP contribution in [0.5, 0.6) is 0 Å². The first-order chi connectivity index (χ1) is 12.2. The molecule has 2 aromatic rings. The van der Waals surface area contributed by atoms with E-state index in [4.69, 9.17) is 4.74 Å². The summed E-state index contributed by atoms with van der Waals surface area (Å²) in [5.74, 6) is -0.289. The molecule has 0 atom stereocenters. The van der Waals surface area contributed by atoms with Crippen LogP contribution in [0.4, 0.5) is 20.6 Å². The van der Waals surface area contributed by atoms with Crippen LogP contribution in [0.3, 0.4) is 0 Å². The SMILES string of the molecule is O=C(N/C=C/c1ccc(F)cc1)Nc1ccccc1N1CCOCC1. The Hall–Kier alpha value is -2.86. The van der Waals surface area contributed by atoms with E-state index in [-0.39, 0.29) is 11.8 Å². The van der Waals surface area contributed by atoms with Crippen molar-refractivity contribution in [2.45, 2.75) is 0 Å². The van der Waals surface area contributed by atoms with Crippen molar-refractivity contribution < 1.29 is 13.9 Å². The van der Waals surface area contributed by atoms with Gasteiger partial charge in [0.1, 0.15) is 5.82 Å². The number of para-hydroxylation sites is 2. The van der Waals surface area contributed by atoms with Crippen LogP contribution in [0.15, 0.2) is 54.7 Å². The quantitative estimate of drug-likeness (QED) is 0.895. The minimum atomic E-state index is -0.334. The number of amides is 2. The summed E-state index contributed by atoms with van der Waals surface area (Å²) in [4.78, 5) is 14.3. The summed E-state index contributed by atoms with van der Waals surface area (Å²) in [6.45, 7) is 2.96. The number of urea groups is 1. The normalized spacial score (nSPS) is 14.5. The number of ether oxygens (including phenoxy) is 1. The van der Waals surface area contributed by atoms with Gasteiger partial charge >= 0.3 is 6.03 Å². The molecule has 25 heavy (non-hydrogen) atoms. The fourth-order valence-electron chi connectivity index (χ4n) is 2.61. The predicted octanol–water partition coefficient (Wildman–Crippen LogP) is 3.45. The summed E-state index contributed by atoms with van der Waals surface area (Å²) in [6, 6.07) is 13.4. The zero-order valence-electron chi connectivity index (χ0n) is 13.7. The lowest BCUT2D eigenvalue weighted by molar-refractivity contribution is 0.123. The van der Waals surface area contributed by atoms with Crippen LogP contribution in [0.25, 0.3) is 6.08 Å². The number of halogens is 1. The number of morpholine rings is 1. The standard InChI is InChI=1S/C19H20FN3O2/c20-16-7-5-15(6-8-16)9-10-21-19(24)22-17-3-1-2-4-18(17)23-11-13-25-14-12-23/h1-10H,11-14H2,(H2,21,22,24)/b10-9+. The fourth-order valence-corrected chi connectivity index (χ4v) is 2.61. The second-order valence-corrected chi connectivity index (χ2v) is 5.60. The van der Waals surface area contributed by atoms with Crippen molar-refractivity contribution in [3.05, 3.63) is 66.1 Å². The van der Waals surface area contributed by atoms with Gasteiger partial charge in [0.15, 0.2) is 0 Å². The minimum Gasteiger partial charge on any atom is -0.378 e. The maximum Gasteiger partial charge on any atom is 0.323 e. The number of anilines is 2. The maximum absolute atomic E-state index is 12.9. The monoisotopic (exact) mass is 341 g/mol. The summed E-state index contributed by atoms with van der Waals surface area (Å²) >= 11 is 0. The van der Waals surface area contributed by atoms with Crippen LogP contribution in [-0.4, -0.2) is 32.3 Å². The molecule has 1 saturated heterocycles. The van der Waals surface area contributed by atoms with Crippen molar-refractivity contribution >= 4 is 23.5 Å². The van der Waals surface area contributed by atoms with Crippen LogP contribution < -0.4 is 15.5 Å². The van der Waals surface area contributed by atoms with E-state index in [0.717, 1.165) is 30.0 Å². The summed E-state index contributed by atoms with van der Waals surface area (Å²) in [6.07, 6.45) is 3.23. The van der Waals surface area contributed by atoms with Crippen LogP contribution in [0, 0.1) is 5.82 Å². The van der Waals surface area contributed by atoms with E-state index in [2.05, 4.69) is 15.5 Å². The zero-order valence-corrected chi connectivity index (χ0v) is 13.7. The van der Waals surface area contributed by atoms with Gasteiger partial charge in [-0.1, -0.05) is 24.3 Å². The Balaban J connectivity index is 1.60. The zero-order chi connectivity index (χ0) is 17.5. The number of nitrogens with one attached hydrogen (secondary N) is 2. The minimum absolute atomic E-state index is 0.289. The highest BCUT2D eigenvalue weighted by molar-refractivity contribution is 5.94. The molecule has 5 nitrogen and oxygen atoms in total. The average molecular weight is 341 g/mol. The molecule has 1 fully saturated rings. The molecule has 0 unspecified atom stereocenters. The number of hydrogen-bond donors (Lipinski definition) is 2. The summed E-state index contributed by atoms with van der Waals surface area (Å²) < 4.78 is 18.2. The molecule has 6 heteroatoms. The van der Waals surface area contributed by atoms with Gasteiger partial charge in [0.2, 0.25) is 0 Å². The van der Waals surface area contributed by atoms with E-state index >= 15 is 0 Å². The molecule has 0 aliphatic carbocycles. The van der Waals surface area contributed by atoms with E-state index in [9.17, 15) is 9.18 Å². The van der Waals surface area contributed by atoms with E-state index in [1.807, 2.05) is 24.3 Å². The van der Waals surface area contributed by atoms with Gasteiger partial charge in [-0.15, -0.1) is 0 Å². The van der Waals surface area contributed by atoms with E-state index in [1.54, 1.807) is 18.2 Å². The largest absolute Gasteiger partial charge is 0.378 e. The van der Waals surface area contributed by atoms with Gasteiger partial charge in [0.25, 0.3) is 0 Å². The Morgan fingerprint density at radius 1 is 1.08 bits per heavy atom. The van der Waals surface area contributed by atoms with Crippen molar-refractivity contribution in [1.29, 1.82) is 0 Å². The van der Waals surface area contributed by atoms with Crippen LogP contribution in [0.2, 0.25) is 0 Å². The third kappa shape index (κ3) is 4.81. The highest BCUT2D eigenvalue weighted by Crippen LogP contribution is 2.26. The third-order valence-corrected chi connectivity index (χ3v) is 3.86. The van der Waals surface area contributed by atoms with E-state index in [0.29, 0.717) is 13.2 Å².